The number of rotatable bonds is 7. The molecule has 1 N–H and O–H groups in total. The molecule has 0 saturated heterocycles. The van der Waals surface area contributed by atoms with Crippen molar-refractivity contribution >= 4 is 17.9 Å². The zero-order chi connectivity index (χ0) is 29.4. The summed E-state index contributed by atoms with van der Waals surface area (Å²) in [6.45, 7) is 10.4. The lowest BCUT2D eigenvalue weighted by molar-refractivity contribution is -0.269. The highest BCUT2D eigenvalue weighted by molar-refractivity contribution is 5.90. The molecule has 216 valence electrons. The molecule has 2 saturated carbocycles. The molecule has 0 spiro atoms. The monoisotopic (exact) mass is 558 g/mol. The van der Waals surface area contributed by atoms with Crippen molar-refractivity contribution in [3.8, 4) is 0 Å². The quantitative estimate of drug-likeness (QED) is 0.259. The van der Waals surface area contributed by atoms with Crippen LogP contribution < -0.4 is 0 Å². The summed E-state index contributed by atoms with van der Waals surface area (Å²) in [5.74, 6) is -1.68. The molecular weight excluding hydrogens is 520 g/mol. The Bertz CT molecular complexity index is 1360. The summed E-state index contributed by atoms with van der Waals surface area (Å²) < 4.78 is 17.6. The highest BCUT2D eigenvalue weighted by atomic mass is 16.6. The molecule has 7 heteroatoms. The number of carbonyl (C=O) groups excluding carboxylic acids is 3. The first-order chi connectivity index (χ1) is 19.5. The van der Waals surface area contributed by atoms with Crippen molar-refractivity contribution in [3.63, 3.8) is 0 Å². The van der Waals surface area contributed by atoms with Crippen molar-refractivity contribution in [2.24, 2.45) is 16.7 Å². The first kappa shape index (κ1) is 28.8. The predicted octanol–water partition coefficient (Wildman–Crippen LogP) is 5.83. The van der Waals surface area contributed by atoms with Gasteiger partial charge in [-0.2, -0.15) is 0 Å². The molecule has 2 fully saturated rings. The molecular formula is C34H38O7. The largest absolute Gasteiger partial charge is 0.458 e. The fourth-order valence-corrected chi connectivity index (χ4v) is 7.28. The molecule has 0 bridgehead atoms. The maximum Gasteiger partial charge on any atom is 0.338 e. The van der Waals surface area contributed by atoms with Crippen LogP contribution in [-0.2, 0) is 19.0 Å². The molecule has 6 atom stereocenters. The molecule has 0 radical (unpaired) electrons. The average Bonchev–Trinajstić information content (AvgIpc) is 3.39. The maximum atomic E-state index is 13.5. The van der Waals surface area contributed by atoms with Gasteiger partial charge in [-0.05, 0) is 74.8 Å². The molecule has 0 amide bonds. The van der Waals surface area contributed by atoms with Crippen molar-refractivity contribution in [2.75, 3.05) is 6.61 Å². The molecule has 5 rings (SSSR count). The molecule has 7 nitrogen and oxygen atoms in total. The van der Waals surface area contributed by atoms with E-state index in [1.54, 1.807) is 61.5 Å². The second-order valence-corrected chi connectivity index (χ2v) is 12.2. The highest BCUT2D eigenvalue weighted by Gasteiger charge is 2.70. The first-order valence-corrected chi connectivity index (χ1v) is 14.3. The SMILES string of the molecule is C=C1CCC[C@H]2[C@@]1(C)[C@@H](OC(=O)c1ccccc1)[C@H](OC(=O)c1ccccc1)[C@](C)(O)[C@]2(C)CCC1=CC(=O)OC1. The maximum absolute atomic E-state index is 13.5. The smallest absolute Gasteiger partial charge is 0.338 e. The Kier molecular flexibility index (Phi) is 7.68. The number of carbonyl (C=O) groups is 3. The Morgan fingerprint density at radius 1 is 0.951 bits per heavy atom. The average molecular weight is 559 g/mol. The van der Waals surface area contributed by atoms with Crippen LogP contribution in [0, 0.1) is 16.7 Å². The Labute approximate surface area is 241 Å². The van der Waals surface area contributed by atoms with E-state index in [0.717, 1.165) is 30.4 Å². The van der Waals surface area contributed by atoms with E-state index in [4.69, 9.17) is 14.2 Å². The van der Waals surface area contributed by atoms with E-state index in [-0.39, 0.29) is 18.5 Å². The van der Waals surface area contributed by atoms with E-state index in [1.165, 1.54) is 6.08 Å². The lowest BCUT2D eigenvalue weighted by atomic mass is 9.43. The summed E-state index contributed by atoms with van der Waals surface area (Å²) >= 11 is 0. The van der Waals surface area contributed by atoms with Gasteiger partial charge in [0, 0.05) is 16.9 Å². The van der Waals surface area contributed by atoms with Gasteiger partial charge in [-0.3, -0.25) is 0 Å². The topological polar surface area (TPSA) is 99.1 Å². The van der Waals surface area contributed by atoms with Gasteiger partial charge >= 0.3 is 17.9 Å². The van der Waals surface area contributed by atoms with E-state index in [2.05, 4.69) is 6.58 Å². The van der Waals surface area contributed by atoms with E-state index in [0.29, 0.717) is 24.0 Å². The normalized spacial score (nSPS) is 32.9. The van der Waals surface area contributed by atoms with Crippen molar-refractivity contribution in [3.05, 3.63) is 95.6 Å². The van der Waals surface area contributed by atoms with E-state index in [9.17, 15) is 19.5 Å². The number of cyclic esters (lactones) is 1. The second kappa shape index (κ2) is 10.9. The molecule has 0 unspecified atom stereocenters. The van der Waals surface area contributed by atoms with Gasteiger partial charge in [0.2, 0.25) is 0 Å². The number of benzene rings is 2. The Balaban J connectivity index is 1.60. The highest BCUT2D eigenvalue weighted by Crippen LogP contribution is 2.65. The fourth-order valence-electron chi connectivity index (χ4n) is 7.28. The van der Waals surface area contributed by atoms with Crippen LogP contribution in [0.5, 0.6) is 0 Å². The molecule has 41 heavy (non-hydrogen) atoms. The van der Waals surface area contributed by atoms with Gasteiger partial charge in [0.05, 0.1) is 11.1 Å². The minimum Gasteiger partial charge on any atom is -0.458 e. The molecule has 3 aliphatic rings. The van der Waals surface area contributed by atoms with E-state index in [1.807, 2.05) is 19.9 Å². The summed E-state index contributed by atoms with van der Waals surface area (Å²) in [7, 11) is 0. The molecule has 1 heterocycles. The summed E-state index contributed by atoms with van der Waals surface area (Å²) in [4.78, 5) is 38.8. The zero-order valence-electron chi connectivity index (χ0n) is 23.9. The van der Waals surface area contributed by atoms with Gasteiger partial charge in [-0.25, -0.2) is 14.4 Å². The summed E-state index contributed by atoms with van der Waals surface area (Å²) in [6, 6.07) is 17.3. The van der Waals surface area contributed by atoms with Crippen LogP contribution in [0.2, 0.25) is 0 Å². The fraction of sp³-hybridized carbons (Fsp3) is 0.441. The predicted molar refractivity (Wildman–Crippen MR) is 153 cm³/mol. The standard InChI is InChI=1S/C34H38O7/c1-22-12-11-17-26-32(2,19-18-23-20-27(35)39-21-23)34(4,38)29(41-31(37)25-15-9-6-10-16-25)28(33(22,26)3)40-30(36)24-13-7-5-8-14-24/h5-10,13-16,20,26,28-29,38H,1,11-12,17-19,21H2,2-4H3/t26-,28+,29+,32-,33+,34+/m1/s1. The number of esters is 3. The van der Waals surface area contributed by atoms with Crippen LogP contribution >= 0.6 is 0 Å². The minimum atomic E-state index is -1.61. The first-order valence-electron chi connectivity index (χ1n) is 14.3. The van der Waals surface area contributed by atoms with E-state index >= 15 is 0 Å². The third kappa shape index (κ3) is 5.01. The van der Waals surface area contributed by atoms with Crippen LogP contribution in [0.15, 0.2) is 84.5 Å². The van der Waals surface area contributed by atoms with Crippen LogP contribution in [0.4, 0.5) is 0 Å². The van der Waals surface area contributed by atoms with Crippen LogP contribution in [-0.4, -0.2) is 47.4 Å². The number of ether oxygens (including phenoxy) is 3. The van der Waals surface area contributed by atoms with Gasteiger partial charge in [0.25, 0.3) is 0 Å². The van der Waals surface area contributed by atoms with Gasteiger partial charge in [0.1, 0.15) is 12.2 Å². The van der Waals surface area contributed by atoms with Gasteiger partial charge in [-0.15, -0.1) is 0 Å². The molecule has 0 aromatic heterocycles. The summed E-state index contributed by atoms with van der Waals surface area (Å²) in [5, 5.41) is 12.6. The number of hydrogen-bond acceptors (Lipinski definition) is 7. The number of fused-ring (bicyclic) bond motifs is 1. The molecule has 2 aromatic rings. The van der Waals surface area contributed by atoms with Crippen molar-refractivity contribution < 1.29 is 33.7 Å². The third-order valence-corrected chi connectivity index (χ3v) is 9.98. The zero-order valence-corrected chi connectivity index (χ0v) is 23.9. The van der Waals surface area contributed by atoms with Crippen molar-refractivity contribution in [1.82, 2.24) is 0 Å². The molecule has 2 aliphatic carbocycles. The van der Waals surface area contributed by atoms with Crippen LogP contribution in [0.3, 0.4) is 0 Å². The third-order valence-electron chi connectivity index (χ3n) is 9.98. The Morgan fingerprint density at radius 3 is 2.05 bits per heavy atom. The van der Waals surface area contributed by atoms with Gasteiger partial charge < -0.3 is 19.3 Å². The van der Waals surface area contributed by atoms with Crippen molar-refractivity contribution in [2.45, 2.75) is 70.7 Å². The Hall–Kier alpha value is -3.71. The van der Waals surface area contributed by atoms with Gasteiger partial charge in [0.15, 0.2) is 12.2 Å². The molecule has 1 aliphatic heterocycles. The molecule has 2 aromatic carbocycles. The van der Waals surface area contributed by atoms with E-state index < -0.39 is 40.6 Å². The Morgan fingerprint density at radius 2 is 1.51 bits per heavy atom. The van der Waals surface area contributed by atoms with Gasteiger partial charge in [-0.1, -0.05) is 62.4 Å². The lowest BCUT2D eigenvalue weighted by Gasteiger charge is -2.65. The van der Waals surface area contributed by atoms with Crippen LogP contribution in [0.25, 0.3) is 0 Å². The minimum absolute atomic E-state index is 0.148. The number of aliphatic hydroxyl groups is 1. The summed E-state index contributed by atoms with van der Waals surface area (Å²) in [5.41, 5.74) is -0.732. The lowest BCUT2D eigenvalue weighted by Crippen LogP contribution is -2.73. The summed E-state index contributed by atoms with van der Waals surface area (Å²) in [6.07, 6.45) is 2.76. The van der Waals surface area contributed by atoms with Crippen molar-refractivity contribution in [1.29, 1.82) is 0 Å². The number of hydrogen-bond donors (Lipinski definition) is 1. The second-order valence-electron chi connectivity index (χ2n) is 12.2. The van der Waals surface area contributed by atoms with Crippen LogP contribution in [0.1, 0.15) is 73.6 Å².